The molecule has 34 heavy (non-hydrogen) atoms. The van der Waals surface area contributed by atoms with E-state index in [1.54, 1.807) is 6.07 Å². The molecular weight excluding hydrogens is 456 g/mol. The van der Waals surface area contributed by atoms with Crippen molar-refractivity contribution in [3.63, 3.8) is 0 Å². The first-order valence-corrected chi connectivity index (χ1v) is 10.8. The monoisotopic (exact) mass is 476 g/mol. The molecule has 12 heteroatoms. The summed E-state index contributed by atoms with van der Waals surface area (Å²) in [5.41, 5.74) is -0.746. The largest absolute Gasteiger partial charge is 0.434 e. The highest BCUT2D eigenvalue weighted by atomic mass is 19.4. The van der Waals surface area contributed by atoms with Gasteiger partial charge in [-0.2, -0.15) is 13.2 Å². The van der Waals surface area contributed by atoms with E-state index in [2.05, 4.69) is 20.1 Å². The van der Waals surface area contributed by atoms with Gasteiger partial charge in [-0.05, 0) is 31.9 Å². The summed E-state index contributed by atoms with van der Waals surface area (Å²) in [5.74, 6) is -0.571. The second-order valence-corrected chi connectivity index (χ2v) is 9.05. The number of halogens is 4. The Balaban J connectivity index is 1.54. The van der Waals surface area contributed by atoms with Crippen molar-refractivity contribution >= 4 is 29.1 Å². The number of benzene rings is 1. The number of hydrogen-bond donors (Lipinski definition) is 0. The first-order chi connectivity index (χ1) is 16.2. The van der Waals surface area contributed by atoms with Crippen molar-refractivity contribution < 1.29 is 26.8 Å². The molecule has 1 spiro atoms. The molecule has 0 unspecified atom stereocenters. The Bertz CT molecular complexity index is 1330. The van der Waals surface area contributed by atoms with Gasteiger partial charge in [0.1, 0.15) is 13.0 Å². The van der Waals surface area contributed by atoms with Gasteiger partial charge in [0.25, 0.3) is 0 Å². The molecule has 3 aromatic rings. The summed E-state index contributed by atoms with van der Waals surface area (Å²) >= 11 is 0. The minimum Gasteiger partial charge on any atom is -0.372 e. The summed E-state index contributed by atoms with van der Waals surface area (Å²) < 4.78 is 67.6. The Labute approximate surface area is 190 Å². The molecule has 1 fully saturated rings. The van der Waals surface area contributed by atoms with Gasteiger partial charge in [0.2, 0.25) is 5.58 Å². The van der Waals surface area contributed by atoms with Gasteiger partial charge >= 0.3 is 6.18 Å². The van der Waals surface area contributed by atoms with Crippen molar-refractivity contribution in [2.24, 2.45) is 15.4 Å². The van der Waals surface area contributed by atoms with E-state index in [9.17, 15) is 13.2 Å². The summed E-state index contributed by atoms with van der Waals surface area (Å²) in [4.78, 5) is 14.2. The molecule has 1 saturated heterocycles. The van der Waals surface area contributed by atoms with Gasteiger partial charge in [-0.15, -0.1) is 0 Å². The summed E-state index contributed by atoms with van der Waals surface area (Å²) in [6, 6.07) is 1.49. The van der Waals surface area contributed by atoms with Gasteiger partial charge in [-0.1, -0.05) is 5.16 Å². The van der Waals surface area contributed by atoms with E-state index in [0.29, 0.717) is 30.9 Å². The van der Waals surface area contributed by atoms with Crippen LogP contribution >= 0.6 is 0 Å². The number of anilines is 1. The predicted octanol–water partition coefficient (Wildman–Crippen LogP) is 3.81. The van der Waals surface area contributed by atoms with Crippen LogP contribution in [0.5, 0.6) is 0 Å². The first-order valence-electron chi connectivity index (χ1n) is 10.8. The molecule has 6 rings (SSSR count). The van der Waals surface area contributed by atoms with Gasteiger partial charge in [-0.3, -0.25) is 14.6 Å². The lowest BCUT2D eigenvalue weighted by Crippen LogP contribution is -2.65. The second kappa shape index (κ2) is 7.11. The summed E-state index contributed by atoms with van der Waals surface area (Å²) in [6.45, 7) is 4.66. The van der Waals surface area contributed by atoms with E-state index in [-0.39, 0.29) is 35.0 Å². The van der Waals surface area contributed by atoms with Crippen molar-refractivity contribution in [2.75, 3.05) is 18.1 Å². The molecular formula is C22H20F4N6O2. The van der Waals surface area contributed by atoms with E-state index < -0.39 is 23.1 Å². The van der Waals surface area contributed by atoms with Crippen molar-refractivity contribution in [3.05, 3.63) is 35.7 Å². The molecule has 8 nitrogen and oxygen atoms in total. The number of rotatable bonds is 1. The van der Waals surface area contributed by atoms with Gasteiger partial charge in [0.05, 0.1) is 34.7 Å². The van der Waals surface area contributed by atoms with Crippen LogP contribution in [0.4, 0.5) is 23.2 Å². The standard InChI is InChI=1S/C22H20F4N6O2/c1-11-5-32-17-13(4-21(7-27-9-28-8-21)19(32)12(2)33-11)3-14-18(16(17)23)34-30-20(14)31-6-15(29-10-31)22(24,25)26/h3,6-8,10-12,19H,4-5,9H2,1-2H3/t11-,12+,19-/m1/s1. The third-order valence-electron chi connectivity index (χ3n) is 6.70. The Kier molecular flexibility index (Phi) is 4.45. The maximum Gasteiger partial charge on any atom is 0.434 e. The highest BCUT2D eigenvalue weighted by molar-refractivity contribution is 5.96. The summed E-state index contributed by atoms with van der Waals surface area (Å²) in [6.07, 6.45) is 0.933. The molecule has 3 aliphatic rings. The molecule has 2 aromatic heterocycles. The highest BCUT2D eigenvalue weighted by Crippen LogP contribution is 2.47. The third kappa shape index (κ3) is 3.00. The van der Waals surface area contributed by atoms with Gasteiger partial charge in [0, 0.05) is 25.2 Å². The third-order valence-corrected chi connectivity index (χ3v) is 6.70. The van der Waals surface area contributed by atoms with Crippen molar-refractivity contribution in [3.8, 4) is 5.82 Å². The Hall–Kier alpha value is -3.28. The Morgan fingerprint density at radius 1 is 1.18 bits per heavy atom. The molecule has 0 amide bonds. The number of nitrogens with zero attached hydrogens (tertiary/aromatic N) is 6. The fourth-order valence-electron chi connectivity index (χ4n) is 5.55. The number of fused-ring (bicyclic) bond motifs is 5. The Morgan fingerprint density at radius 3 is 2.65 bits per heavy atom. The second-order valence-electron chi connectivity index (χ2n) is 9.05. The van der Waals surface area contributed by atoms with E-state index in [1.807, 2.05) is 31.2 Å². The normalized spacial score (nSPS) is 25.7. The molecule has 0 bridgehead atoms. The minimum atomic E-state index is -4.61. The lowest BCUT2D eigenvalue weighted by molar-refractivity contribution is -0.140. The van der Waals surface area contributed by atoms with E-state index in [1.165, 1.54) is 0 Å². The molecule has 0 aliphatic carbocycles. The average Bonchev–Trinajstić information content (AvgIpc) is 3.40. The van der Waals surface area contributed by atoms with Crippen LogP contribution in [-0.4, -0.2) is 58.6 Å². The molecule has 3 atom stereocenters. The fraction of sp³-hybridized carbons (Fsp3) is 0.455. The van der Waals surface area contributed by atoms with E-state index in [4.69, 9.17) is 9.26 Å². The molecule has 0 radical (unpaired) electrons. The van der Waals surface area contributed by atoms with Crippen LogP contribution in [0.2, 0.25) is 0 Å². The smallest absolute Gasteiger partial charge is 0.372 e. The number of imidazole rings is 1. The number of aromatic nitrogens is 3. The van der Waals surface area contributed by atoms with Crippen LogP contribution in [0, 0.1) is 11.2 Å². The number of ether oxygens (including phenoxy) is 1. The highest BCUT2D eigenvalue weighted by Gasteiger charge is 2.52. The molecule has 178 valence electrons. The molecule has 3 aliphatic heterocycles. The molecule has 1 aromatic carbocycles. The summed E-state index contributed by atoms with van der Waals surface area (Å²) in [5, 5.41) is 4.13. The van der Waals surface area contributed by atoms with Crippen LogP contribution in [-0.2, 0) is 17.3 Å². The van der Waals surface area contributed by atoms with E-state index >= 15 is 4.39 Å². The van der Waals surface area contributed by atoms with Gasteiger partial charge < -0.3 is 14.2 Å². The van der Waals surface area contributed by atoms with Crippen LogP contribution in [0.15, 0.2) is 33.1 Å². The van der Waals surface area contributed by atoms with Crippen molar-refractivity contribution in [1.82, 2.24) is 14.7 Å². The van der Waals surface area contributed by atoms with Crippen LogP contribution in [0.1, 0.15) is 25.1 Å². The quantitative estimate of drug-likeness (QED) is 0.499. The average molecular weight is 476 g/mol. The molecule has 0 saturated carbocycles. The molecule has 5 heterocycles. The number of hydrogen-bond acceptors (Lipinski definition) is 7. The van der Waals surface area contributed by atoms with Gasteiger partial charge in [0.15, 0.2) is 17.3 Å². The fourth-order valence-corrected chi connectivity index (χ4v) is 5.55. The zero-order valence-electron chi connectivity index (χ0n) is 18.3. The topological polar surface area (TPSA) is 81.0 Å². The van der Waals surface area contributed by atoms with Crippen LogP contribution in [0.3, 0.4) is 0 Å². The predicted molar refractivity (Wildman–Crippen MR) is 115 cm³/mol. The number of alkyl halides is 3. The molecule has 0 N–H and O–H groups in total. The van der Waals surface area contributed by atoms with E-state index in [0.717, 1.165) is 17.1 Å². The first kappa shape index (κ1) is 21.3. The lowest BCUT2D eigenvalue weighted by Gasteiger charge is -2.54. The zero-order chi connectivity index (χ0) is 23.8. The van der Waals surface area contributed by atoms with Crippen LogP contribution < -0.4 is 4.90 Å². The number of morpholine rings is 1. The maximum absolute atomic E-state index is 16.0. The van der Waals surface area contributed by atoms with Crippen LogP contribution in [0.25, 0.3) is 16.8 Å². The zero-order valence-corrected chi connectivity index (χ0v) is 18.3. The number of aliphatic imine (C=N–C) groups is 2. The maximum atomic E-state index is 16.0. The lowest BCUT2D eigenvalue weighted by atomic mass is 9.69. The van der Waals surface area contributed by atoms with Gasteiger partial charge in [-0.25, -0.2) is 9.37 Å². The summed E-state index contributed by atoms with van der Waals surface area (Å²) in [7, 11) is 0. The minimum absolute atomic E-state index is 0.0329. The van der Waals surface area contributed by atoms with Crippen molar-refractivity contribution in [2.45, 2.75) is 44.7 Å². The Morgan fingerprint density at radius 2 is 1.94 bits per heavy atom. The SMILES string of the molecule is C[C@@H]1CN2c3c(cc4c(-n5cnc(C(F)(F)F)c5)noc4c3F)CC3(C=NCN=C3)[C@H]2[C@H](C)O1. The van der Waals surface area contributed by atoms with Crippen molar-refractivity contribution in [1.29, 1.82) is 0 Å².